The van der Waals surface area contributed by atoms with Crippen LogP contribution >= 0.6 is 23.2 Å². The number of carbonyl (C=O) groups excluding carboxylic acids is 2. The van der Waals surface area contributed by atoms with Crippen molar-refractivity contribution in [2.24, 2.45) is 0 Å². The fourth-order valence-corrected chi connectivity index (χ4v) is 4.09. The average molecular weight is 531 g/mol. The Balaban J connectivity index is 1.97. The lowest BCUT2D eigenvalue weighted by Gasteiger charge is -2.34. The van der Waals surface area contributed by atoms with Gasteiger partial charge in [0.15, 0.2) is 18.2 Å². The van der Waals surface area contributed by atoms with Gasteiger partial charge in [0.1, 0.15) is 6.04 Å². The maximum absolute atomic E-state index is 14.1. The van der Waals surface area contributed by atoms with E-state index in [1.165, 1.54) is 23.1 Å². The molecule has 0 saturated heterocycles. The van der Waals surface area contributed by atoms with Crippen molar-refractivity contribution in [3.8, 4) is 5.75 Å². The van der Waals surface area contributed by atoms with Crippen LogP contribution in [0.15, 0.2) is 72.8 Å². The molecular formula is C28H29Cl2FN2O3. The third-order valence-corrected chi connectivity index (χ3v) is 5.90. The summed E-state index contributed by atoms with van der Waals surface area (Å²) >= 11 is 12.5. The summed E-state index contributed by atoms with van der Waals surface area (Å²) in [7, 11) is 0. The first kappa shape index (κ1) is 27.5. The highest BCUT2D eigenvalue weighted by molar-refractivity contribution is 6.35. The molecule has 1 atom stereocenters. The van der Waals surface area contributed by atoms with Crippen LogP contribution in [0.25, 0.3) is 0 Å². The minimum absolute atomic E-state index is 0.0323. The van der Waals surface area contributed by atoms with Crippen LogP contribution in [0.2, 0.25) is 10.0 Å². The average Bonchev–Trinajstić information content (AvgIpc) is 2.81. The monoisotopic (exact) mass is 530 g/mol. The molecule has 1 unspecified atom stereocenters. The fourth-order valence-electron chi connectivity index (χ4n) is 3.62. The van der Waals surface area contributed by atoms with Crippen molar-refractivity contribution >= 4 is 35.0 Å². The van der Waals surface area contributed by atoms with E-state index in [1.54, 1.807) is 24.3 Å². The van der Waals surface area contributed by atoms with Crippen LogP contribution in [0.4, 0.5) is 4.39 Å². The maximum atomic E-state index is 14.1. The molecular weight excluding hydrogens is 502 g/mol. The lowest BCUT2D eigenvalue weighted by Crippen LogP contribution is -2.55. The molecule has 0 aliphatic rings. The molecule has 3 rings (SSSR count). The van der Waals surface area contributed by atoms with Crippen molar-refractivity contribution in [2.45, 2.75) is 45.3 Å². The van der Waals surface area contributed by atoms with E-state index < -0.39 is 29.9 Å². The Morgan fingerprint density at radius 3 is 2.31 bits per heavy atom. The topological polar surface area (TPSA) is 58.6 Å². The number of para-hydroxylation sites is 1. The highest BCUT2D eigenvalue weighted by Gasteiger charge is 2.33. The fraction of sp³-hybridized carbons (Fsp3) is 0.286. The number of halogens is 3. The molecule has 0 aliphatic carbocycles. The van der Waals surface area contributed by atoms with E-state index in [-0.39, 0.29) is 24.6 Å². The summed E-state index contributed by atoms with van der Waals surface area (Å²) in [4.78, 5) is 28.5. The number of amides is 2. The van der Waals surface area contributed by atoms with Gasteiger partial charge in [0, 0.05) is 28.5 Å². The summed E-state index contributed by atoms with van der Waals surface area (Å²) in [6, 6.07) is 19.3. The zero-order chi connectivity index (χ0) is 26.3. The normalized spacial score (nSPS) is 12.1. The highest BCUT2D eigenvalue weighted by Crippen LogP contribution is 2.25. The van der Waals surface area contributed by atoms with Crippen LogP contribution in [0.5, 0.6) is 5.75 Å². The molecule has 1 N–H and O–H groups in total. The van der Waals surface area contributed by atoms with Gasteiger partial charge in [-0.3, -0.25) is 9.59 Å². The van der Waals surface area contributed by atoms with Gasteiger partial charge in [-0.1, -0.05) is 71.7 Å². The molecule has 0 saturated carbocycles. The Labute approximate surface area is 221 Å². The van der Waals surface area contributed by atoms with Gasteiger partial charge in [-0.25, -0.2) is 4.39 Å². The van der Waals surface area contributed by atoms with E-state index >= 15 is 0 Å². The summed E-state index contributed by atoms with van der Waals surface area (Å²) in [5, 5.41) is 3.80. The summed E-state index contributed by atoms with van der Waals surface area (Å²) < 4.78 is 19.6. The lowest BCUT2D eigenvalue weighted by molar-refractivity contribution is -0.143. The van der Waals surface area contributed by atoms with Crippen LogP contribution in [-0.2, 0) is 22.6 Å². The van der Waals surface area contributed by atoms with Gasteiger partial charge in [0.05, 0.1) is 0 Å². The van der Waals surface area contributed by atoms with E-state index in [1.807, 2.05) is 51.1 Å². The van der Waals surface area contributed by atoms with E-state index in [4.69, 9.17) is 27.9 Å². The number of carbonyl (C=O) groups is 2. The van der Waals surface area contributed by atoms with Gasteiger partial charge in [-0.2, -0.15) is 0 Å². The largest absolute Gasteiger partial charge is 0.481 e. The molecule has 0 aromatic heterocycles. The zero-order valence-corrected chi connectivity index (χ0v) is 21.9. The van der Waals surface area contributed by atoms with Gasteiger partial charge < -0.3 is 15.0 Å². The second-order valence-electron chi connectivity index (χ2n) is 9.42. The molecule has 3 aromatic rings. The van der Waals surface area contributed by atoms with Crippen molar-refractivity contribution in [3.63, 3.8) is 0 Å². The molecule has 0 bridgehead atoms. The molecule has 190 valence electrons. The Kier molecular flexibility index (Phi) is 9.35. The summed E-state index contributed by atoms with van der Waals surface area (Å²) in [5.74, 6) is -1.44. The minimum atomic E-state index is -0.880. The highest BCUT2D eigenvalue weighted by atomic mass is 35.5. The van der Waals surface area contributed by atoms with Crippen LogP contribution < -0.4 is 10.1 Å². The standard InChI is InChI=1S/C28H29Cl2FN2O3/c1-28(2,3)32-27(35)24(15-19-9-5-4-6-10-19)33(17-20-13-14-21(29)16-22(20)30)26(34)18-36-25-12-8-7-11-23(25)31/h4-14,16,24H,15,17-18H2,1-3H3,(H,32,35). The zero-order valence-electron chi connectivity index (χ0n) is 20.4. The third-order valence-electron chi connectivity index (χ3n) is 5.31. The molecule has 2 amide bonds. The predicted molar refractivity (Wildman–Crippen MR) is 141 cm³/mol. The molecule has 0 heterocycles. The van der Waals surface area contributed by atoms with Crippen LogP contribution in [0.1, 0.15) is 31.9 Å². The number of hydrogen-bond donors (Lipinski definition) is 1. The molecule has 0 radical (unpaired) electrons. The van der Waals surface area contributed by atoms with Crippen molar-refractivity contribution in [1.29, 1.82) is 0 Å². The summed E-state index contributed by atoms with van der Waals surface area (Å²) in [5.41, 5.74) is 0.964. The smallest absolute Gasteiger partial charge is 0.261 e. The van der Waals surface area contributed by atoms with Crippen LogP contribution in [-0.4, -0.2) is 34.9 Å². The van der Waals surface area contributed by atoms with Gasteiger partial charge in [-0.15, -0.1) is 0 Å². The van der Waals surface area contributed by atoms with Crippen LogP contribution in [0, 0.1) is 5.82 Å². The predicted octanol–water partition coefficient (Wildman–Crippen LogP) is 6.07. The molecule has 3 aromatic carbocycles. The van der Waals surface area contributed by atoms with Crippen LogP contribution in [0.3, 0.4) is 0 Å². The van der Waals surface area contributed by atoms with Gasteiger partial charge in [-0.05, 0) is 56.2 Å². The van der Waals surface area contributed by atoms with Gasteiger partial charge >= 0.3 is 0 Å². The SMILES string of the molecule is CC(C)(C)NC(=O)C(Cc1ccccc1)N(Cc1ccc(Cl)cc1Cl)C(=O)COc1ccccc1F. The second kappa shape index (κ2) is 12.2. The number of nitrogens with zero attached hydrogens (tertiary/aromatic N) is 1. The first-order valence-electron chi connectivity index (χ1n) is 11.5. The number of benzene rings is 3. The second-order valence-corrected chi connectivity index (χ2v) is 10.3. The number of ether oxygens (including phenoxy) is 1. The Bertz CT molecular complexity index is 1200. The molecule has 36 heavy (non-hydrogen) atoms. The Hall–Kier alpha value is -3.09. The first-order chi connectivity index (χ1) is 17.0. The van der Waals surface area contributed by atoms with Crippen molar-refractivity contribution in [1.82, 2.24) is 10.2 Å². The Morgan fingerprint density at radius 2 is 1.67 bits per heavy atom. The number of hydrogen-bond acceptors (Lipinski definition) is 3. The molecule has 0 fully saturated rings. The lowest BCUT2D eigenvalue weighted by atomic mass is 10.0. The quantitative estimate of drug-likeness (QED) is 0.365. The van der Waals surface area contributed by atoms with E-state index in [9.17, 15) is 14.0 Å². The number of rotatable bonds is 9. The van der Waals surface area contributed by atoms with Crippen molar-refractivity contribution in [2.75, 3.05) is 6.61 Å². The molecule has 0 spiro atoms. The first-order valence-corrected chi connectivity index (χ1v) is 12.3. The van der Waals surface area contributed by atoms with Crippen molar-refractivity contribution in [3.05, 3.63) is 99.8 Å². The van der Waals surface area contributed by atoms with Gasteiger partial charge in [0.25, 0.3) is 5.91 Å². The summed E-state index contributed by atoms with van der Waals surface area (Å²) in [6.07, 6.45) is 0.263. The van der Waals surface area contributed by atoms with E-state index in [2.05, 4.69) is 5.32 Å². The molecule has 0 aliphatic heterocycles. The third kappa shape index (κ3) is 7.97. The van der Waals surface area contributed by atoms with Crippen molar-refractivity contribution < 1.29 is 18.7 Å². The van der Waals surface area contributed by atoms with E-state index in [0.717, 1.165) is 5.56 Å². The minimum Gasteiger partial charge on any atom is -0.481 e. The maximum Gasteiger partial charge on any atom is 0.261 e. The molecule has 5 nitrogen and oxygen atoms in total. The van der Waals surface area contributed by atoms with Gasteiger partial charge in [0.2, 0.25) is 5.91 Å². The Morgan fingerprint density at radius 1 is 1.00 bits per heavy atom. The number of nitrogens with one attached hydrogen (secondary N) is 1. The summed E-state index contributed by atoms with van der Waals surface area (Å²) in [6.45, 7) is 5.18. The molecule has 8 heteroatoms. The van der Waals surface area contributed by atoms with E-state index in [0.29, 0.717) is 15.6 Å².